The first-order valence-electron chi connectivity index (χ1n) is 9.55. The lowest BCUT2D eigenvalue weighted by Gasteiger charge is -2.50. The van der Waals surface area contributed by atoms with E-state index >= 15 is 0 Å². The van der Waals surface area contributed by atoms with Crippen LogP contribution in [0.2, 0.25) is 0 Å². The minimum absolute atomic E-state index is 0.0378. The number of amides is 2. The smallest absolute Gasteiger partial charge is 0.408 e. The van der Waals surface area contributed by atoms with Crippen LogP contribution in [0.25, 0.3) is 10.4 Å². The summed E-state index contributed by atoms with van der Waals surface area (Å²) in [6.07, 6.45) is -1.21. The van der Waals surface area contributed by atoms with Crippen LogP contribution in [0.1, 0.15) is 11.1 Å². The van der Waals surface area contributed by atoms with Crippen molar-refractivity contribution in [1.82, 2.24) is 9.80 Å². The van der Waals surface area contributed by atoms with Gasteiger partial charge in [-0.25, -0.2) is 4.79 Å². The quantitative estimate of drug-likeness (QED) is 0.285. The van der Waals surface area contributed by atoms with Gasteiger partial charge in [-0.2, -0.15) is 0 Å². The van der Waals surface area contributed by atoms with Crippen LogP contribution in [-0.2, 0) is 17.9 Å². The number of benzene rings is 2. The zero-order valence-corrected chi connectivity index (χ0v) is 17.2. The molecule has 2 aromatic rings. The van der Waals surface area contributed by atoms with Crippen LogP contribution >= 0.6 is 0 Å². The number of ether oxygens (including phenoxy) is 2. The van der Waals surface area contributed by atoms with Gasteiger partial charge in [0.25, 0.3) is 0 Å². The Bertz CT molecular complexity index is 993. The third-order valence-corrected chi connectivity index (χ3v) is 5.24. The van der Waals surface area contributed by atoms with Gasteiger partial charge in [-0.3, -0.25) is 9.69 Å². The summed E-state index contributed by atoms with van der Waals surface area (Å²) in [4.78, 5) is 30.4. The molecule has 10 heteroatoms. The van der Waals surface area contributed by atoms with E-state index in [-0.39, 0.29) is 25.5 Å². The van der Waals surface area contributed by atoms with Crippen molar-refractivity contribution < 1.29 is 24.2 Å². The summed E-state index contributed by atoms with van der Waals surface area (Å²) in [6.45, 7) is 0.204. The Morgan fingerprint density at radius 2 is 1.97 bits per heavy atom. The maximum atomic E-state index is 13.0. The molecule has 1 aliphatic heterocycles. The van der Waals surface area contributed by atoms with Gasteiger partial charge in [-0.05, 0) is 23.2 Å². The molecule has 0 spiro atoms. The maximum absolute atomic E-state index is 13.0. The molecule has 0 bridgehead atoms. The Morgan fingerprint density at radius 3 is 2.58 bits per heavy atom. The van der Waals surface area contributed by atoms with Crippen molar-refractivity contribution in [2.24, 2.45) is 5.11 Å². The van der Waals surface area contributed by atoms with Gasteiger partial charge in [0.05, 0.1) is 20.3 Å². The summed E-state index contributed by atoms with van der Waals surface area (Å²) in [7, 11) is 3.06. The van der Waals surface area contributed by atoms with Crippen LogP contribution in [0.15, 0.2) is 53.6 Å². The van der Waals surface area contributed by atoms with E-state index in [2.05, 4.69) is 10.0 Å². The first kappa shape index (κ1) is 21.8. The molecule has 1 aliphatic rings. The maximum Gasteiger partial charge on any atom is 0.408 e. The number of carboxylic acid groups (broad SMARTS) is 1. The Balaban J connectivity index is 1.85. The van der Waals surface area contributed by atoms with E-state index < -0.39 is 18.2 Å². The Hall–Kier alpha value is -3.91. The molecule has 1 heterocycles. The molecule has 3 rings (SSSR count). The molecule has 2 atom stereocenters. The molecule has 2 aromatic carbocycles. The monoisotopic (exact) mass is 425 g/mol. The van der Waals surface area contributed by atoms with Gasteiger partial charge in [-0.1, -0.05) is 35.4 Å². The van der Waals surface area contributed by atoms with Crippen molar-refractivity contribution in [3.63, 3.8) is 0 Å². The van der Waals surface area contributed by atoms with Crippen LogP contribution in [0.5, 0.6) is 11.5 Å². The van der Waals surface area contributed by atoms with Crippen molar-refractivity contribution in [2.45, 2.75) is 25.2 Å². The molecule has 31 heavy (non-hydrogen) atoms. The van der Waals surface area contributed by atoms with Crippen LogP contribution in [-0.4, -0.2) is 59.8 Å². The van der Waals surface area contributed by atoms with Crippen molar-refractivity contribution >= 4 is 12.0 Å². The summed E-state index contributed by atoms with van der Waals surface area (Å²) in [6, 6.07) is 12.7. The van der Waals surface area contributed by atoms with Crippen LogP contribution < -0.4 is 9.47 Å². The number of rotatable bonds is 9. The van der Waals surface area contributed by atoms with E-state index in [0.29, 0.717) is 11.5 Å². The molecule has 0 radical (unpaired) electrons. The van der Waals surface area contributed by atoms with Crippen molar-refractivity contribution in [3.8, 4) is 11.5 Å². The summed E-state index contributed by atoms with van der Waals surface area (Å²) >= 11 is 0. The van der Waals surface area contributed by atoms with E-state index in [0.717, 1.165) is 16.0 Å². The van der Waals surface area contributed by atoms with Crippen LogP contribution in [0, 0.1) is 0 Å². The van der Waals surface area contributed by atoms with E-state index in [9.17, 15) is 14.7 Å². The second-order valence-corrected chi connectivity index (χ2v) is 6.97. The summed E-state index contributed by atoms with van der Waals surface area (Å²) in [5.41, 5.74) is 10.3. The molecule has 0 saturated carbocycles. The van der Waals surface area contributed by atoms with Gasteiger partial charge in [0.15, 0.2) is 0 Å². The Kier molecular flexibility index (Phi) is 6.84. The third-order valence-electron chi connectivity index (χ3n) is 5.24. The van der Waals surface area contributed by atoms with Gasteiger partial charge in [0.1, 0.15) is 17.5 Å². The summed E-state index contributed by atoms with van der Waals surface area (Å²) in [5, 5.41) is 13.4. The lowest BCUT2D eigenvalue weighted by Crippen LogP contribution is -2.71. The van der Waals surface area contributed by atoms with Crippen molar-refractivity contribution in [1.29, 1.82) is 0 Å². The molecular formula is C21H23N5O5. The highest BCUT2D eigenvalue weighted by Gasteiger charge is 2.51. The number of carbonyl (C=O) groups is 2. The predicted octanol–water partition coefficient (Wildman–Crippen LogP) is 3.27. The number of carbonyl (C=O) groups excluding carboxylic acids is 1. The van der Waals surface area contributed by atoms with Crippen molar-refractivity contribution in [2.75, 3.05) is 20.8 Å². The van der Waals surface area contributed by atoms with E-state index in [1.807, 2.05) is 6.07 Å². The SMILES string of the molecule is COc1ccc(CN2C(=O)[C@@H](N(Cc3ccccc3)C(=O)O)[C@H]2CN=[N+]=[N-])c(OC)c1. The second-order valence-electron chi connectivity index (χ2n) is 6.97. The fraction of sp³-hybridized carbons (Fsp3) is 0.333. The lowest BCUT2D eigenvalue weighted by molar-refractivity contribution is -0.158. The van der Waals surface area contributed by atoms with Gasteiger partial charge < -0.3 is 19.5 Å². The molecule has 162 valence electrons. The number of methoxy groups -OCH3 is 2. The number of likely N-dealkylation sites (tertiary alicyclic amines) is 1. The normalized spacial score (nSPS) is 17.4. The fourth-order valence-electron chi connectivity index (χ4n) is 3.67. The van der Waals surface area contributed by atoms with Gasteiger partial charge in [0, 0.05) is 36.2 Å². The minimum Gasteiger partial charge on any atom is -0.497 e. The highest BCUT2D eigenvalue weighted by Crippen LogP contribution is 2.32. The Morgan fingerprint density at radius 1 is 1.23 bits per heavy atom. The molecule has 0 aliphatic carbocycles. The predicted molar refractivity (Wildman–Crippen MR) is 112 cm³/mol. The van der Waals surface area contributed by atoms with E-state index in [1.54, 1.807) is 49.6 Å². The van der Waals surface area contributed by atoms with Gasteiger partial charge in [0.2, 0.25) is 5.91 Å². The van der Waals surface area contributed by atoms with E-state index in [1.165, 1.54) is 12.0 Å². The van der Waals surface area contributed by atoms with Crippen LogP contribution in [0.4, 0.5) is 4.79 Å². The van der Waals surface area contributed by atoms with Gasteiger partial charge >= 0.3 is 6.09 Å². The second kappa shape index (κ2) is 9.73. The number of nitrogens with zero attached hydrogens (tertiary/aromatic N) is 5. The molecule has 1 fully saturated rings. The number of azide groups is 1. The minimum atomic E-state index is -1.21. The number of β-lactam (4-membered cyclic amide) rings is 1. The molecule has 2 amide bonds. The van der Waals surface area contributed by atoms with E-state index in [4.69, 9.17) is 15.0 Å². The topological polar surface area (TPSA) is 128 Å². The largest absolute Gasteiger partial charge is 0.497 e. The standard InChI is InChI=1S/C21H23N5O5/c1-30-16-9-8-15(18(10-16)31-2)13-25-17(11-23-24-22)19(20(25)27)26(21(28)29)12-14-6-4-3-5-7-14/h3-10,17,19H,11-13H2,1-2H3,(H,28,29)/t17-,19+/m1/s1. The molecular weight excluding hydrogens is 402 g/mol. The van der Waals surface area contributed by atoms with Gasteiger partial charge in [-0.15, -0.1) is 0 Å². The summed E-state index contributed by atoms with van der Waals surface area (Å²) in [5.74, 6) is 0.797. The molecule has 1 N–H and O–H groups in total. The lowest BCUT2D eigenvalue weighted by atomic mass is 9.92. The zero-order valence-electron chi connectivity index (χ0n) is 17.2. The molecule has 0 unspecified atom stereocenters. The average molecular weight is 425 g/mol. The average Bonchev–Trinajstić information content (AvgIpc) is 2.79. The highest BCUT2D eigenvalue weighted by atomic mass is 16.5. The molecule has 10 nitrogen and oxygen atoms in total. The third kappa shape index (κ3) is 4.65. The number of hydrogen-bond donors (Lipinski definition) is 1. The zero-order chi connectivity index (χ0) is 22.4. The summed E-state index contributed by atoms with van der Waals surface area (Å²) < 4.78 is 10.6. The molecule has 1 saturated heterocycles. The van der Waals surface area contributed by atoms with Crippen LogP contribution in [0.3, 0.4) is 0 Å². The van der Waals surface area contributed by atoms with Crippen molar-refractivity contribution in [3.05, 3.63) is 70.1 Å². The number of hydrogen-bond acceptors (Lipinski definition) is 5. The highest BCUT2D eigenvalue weighted by molar-refractivity contribution is 5.92. The first-order chi connectivity index (χ1) is 15.0. The Labute approximate surface area is 179 Å². The fourth-order valence-corrected chi connectivity index (χ4v) is 3.67. The first-order valence-corrected chi connectivity index (χ1v) is 9.55. The molecule has 0 aromatic heterocycles.